The average Bonchev–Trinajstić information content (AvgIpc) is 2.87. The number of nitrogens with zero attached hydrogens (tertiary/aromatic N) is 2. The summed E-state index contributed by atoms with van der Waals surface area (Å²) in [6.07, 6.45) is 0.849. The van der Waals surface area contributed by atoms with Gasteiger partial charge in [0.1, 0.15) is 5.75 Å². The lowest BCUT2D eigenvalue weighted by Gasteiger charge is -2.16. The maximum Gasteiger partial charge on any atom is 0.336 e. The lowest BCUT2D eigenvalue weighted by atomic mass is 10.1. The molecule has 1 amide bonds. The number of amides is 1. The zero-order chi connectivity index (χ0) is 24.2. The number of carbonyl (C=O) groups excluding carboxylic acids is 1. The first-order valence-electron chi connectivity index (χ1n) is 11.2. The summed E-state index contributed by atoms with van der Waals surface area (Å²) in [5.74, 6) is 0.299. The number of para-hydroxylation sites is 3. The molecular weight excluding hydrogens is 430 g/mol. The first-order chi connectivity index (χ1) is 16.4. The molecule has 0 unspecified atom stereocenters. The highest BCUT2D eigenvalue weighted by molar-refractivity contribution is 5.94. The van der Waals surface area contributed by atoms with Gasteiger partial charge in [-0.3, -0.25) is 14.2 Å². The van der Waals surface area contributed by atoms with Gasteiger partial charge in [0.25, 0.3) is 11.5 Å². The first kappa shape index (κ1) is 23.0. The van der Waals surface area contributed by atoms with Crippen LogP contribution >= 0.6 is 0 Å². The Morgan fingerprint density at radius 2 is 1.65 bits per heavy atom. The number of methoxy groups -OCH3 is 1. The van der Waals surface area contributed by atoms with Crippen LogP contribution in [0, 0.1) is 0 Å². The van der Waals surface area contributed by atoms with Crippen molar-refractivity contribution in [1.29, 1.82) is 0 Å². The van der Waals surface area contributed by atoms with Gasteiger partial charge < -0.3 is 10.1 Å². The summed E-state index contributed by atoms with van der Waals surface area (Å²) in [6, 6.07) is 21.2. The summed E-state index contributed by atoms with van der Waals surface area (Å²) in [6.45, 7) is 4.21. The lowest BCUT2D eigenvalue weighted by molar-refractivity contribution is 0.0939. The predicted molar refractivity (Wildman–Crippen MR) is 133 cm³/mol. The van der Waals surface area contributed by atoms with Crippen LogP contribution in [0.15, 0.2) is 82.4 Å². The minimum Gasteiger partial charge on any atom is -0.495 e. The Bertz CT molecular complexity index is 1450. The fourth-order valence-corrected chi connectivity index (χ4v) is 3.85. The SMILES string of the molecule is CC[C@H](C)NC(=O)c1ccc(Cn2c(=O)n(-c3ccccc3OC)c(=O)c3ccccc32)cc1. The molecule has 3 aromatic carbocycles. The number of ether oxygens (including phenoxy) is 1. The molecule has 34 heavy (non-hydrogen) atoms. The van der Waals surface area contributed by atoms with Crippen molar-refractivity contribution in [1.82, 2.24) is 14.5 Å². The van der Waals surface area contributed by atoms with Crippen molar-refractivity contribution in [3.63, 3.8) is 0 Å². The molecule has 174 valence electrons. The molecule has 4 aromatic rings. The normalized spacial score (nSPS) is 11.9. The zero-order valence-electron chi connectivity index (χ0n) is 19.4. The molecule has 7 heteroatoms. The second kappa shape index (κ2) is 9.79. The number of aromatic nitrogens is 2. The summed E-state index contributed by atoms with van der Waals surface area (Å²) in [5.41, 5.74) is 1.45. The first-order valence-corrected chi connectivity index (χ1v) is 11.2. The topological polar surface area (TPSA) is 82.3 Å². The molecule has 0 aliphatic rings. The molecule has 0 spiro atoms. The number of benzene rings is 3. The van der Waals surface area contributed by atoms with E-state index in [1.165, 1.54) is 7.11 Å². The van der Waals surface area contributed by atoms with E-state index in [0.29, 0.717) is 27.9 Å². The van der Waals surface area contributed by atoms with Gasteiger partial charge in [-0.1, -0.05) is 43.3 Å². The van der Waals surface area contributed by atoms with Crippen LogP contribution in [0.4, 0.5) is 0 Å². The van der Waals surface area contributed by atoms with E-state index in [1.54, 1.807) is 65.2 Å². The average molecular weight is 458 g/mol. The van der Waals surface area contributed by atoms with Gasteiger partial charge in [-0.25, -0.2) is 9.36 Å². The van der Waals surface area contributed by atoms with Crippen molar-refractivity contribution in [3.8, 4) is 11.4 Å². The van der Waals surface area contributed by atoms with Crippen LogP contribution < -0.4 is 21.3 Å². The summed E-state index contributed by atoms with van der Waals surface area (Å²) >= 11 is 0. The molecule has 1 aromatic heterocycles. The third kappa shape index (κ3) is 4.37. The van der Waals surface area contributed by atoms with Crippen molar-refractivity contribution in [2.45, 2.75) is 32.9 Å². The van der Waals surface area contributed by atoms with E-state index in [-0.39, 0.29) is 18.5 Å². The fraction of sp³-hybridized carbons (Fsp3) is 0.222. The van der Waals surface area contributed by atoms with E-state index >= 15 is 0 Å². The Morgan fingerprint density at radius 1 is 0.971 bits per heavy atom. The van der Waals surface area contributed by atoms with Gasteiger partial charge in [-0.2, -0.15) is 0 Å². The Labute approximate surface area is 197 Å². The summed E-state index contributed by atoms with van der Waals surface area (Å²) in [4.78, 5) is 39.3. The highest BCUT2D eigenvalue weighted by atomic mass is 16.5. The van der Waals surface area contributed by atoms with Crippen molar-refractivity contribution >= 4 is 16.8 Å². The van der Waals surface area contributed by atoms with Gasteiger partial charge >= 0.3 is 5.69 Å². The standard InChI is InChI=1S/C27H27N3O4/c1-4-18(2)28-25(31)20-15-13-19(14-16-20)17-29-22-10-6-5-9-21(22)26(32)30(27(29)33)23-11-7-8-12-24(23)34-3/h5-16,18H,4,17H2,1-3H3,(H,28,31)/t18-/m0/s1. The Hall–Kier alpha value is -4.13. The van der Waals surface area contributed by atoms with Crippen molar-refractivity contribution in [3.05, 3.63) is 105 Å². The van der Waals surface area contributed by atoms with Crippen molar-refractivity contribution in [2.75, 3.05) is 7.11 Å². The number of carbonyl (C=O) groups is 1. The molecule has 1 N–H and O–H groups in total. The van der Waals surface area contributed by atoms with Crippen LogP contribution in [0.5, 0.6) is 5.75 Å². The van der Waals surface area contributed by atoms with Gasteiger partial charge in [0, 0.05) is 11.6 Å². The van der Waals surface area contributed by atoms with Crippen LogP contribution in [0.25, 0.3) is 16.6 Å². The van der Waals surface area contributed by atoms with E-state index in [2.05, 4.69) is 5.32 Å². The maximum absolute atomic E-state index is 13.6. The third-order valence-corrected chi connectivity index (χ3v) is 5.92. The van der Waals surface area contributed by atoms with Crippen LogP contribution in [-0.4, -0.2) is 28.2 Å². The molecule has 7 nitrogen and oxygen atoms in total. The lowest BCUT2D eigenvalue weighted by Crippen LogP contribution is -2.39. The zero-order valence-corrected chi connectivity index (χ0v) is 19.4. The minimum atomic E-state index is -0.466. The molecule has 0 saturated heterocycles. The summed E-state index contributed by atoms with van der Waals surface area (Å²) < 4.78 is 8.12. The molecule has 0 aliphatic carbocycles. The molecule has 1 heterocycles. The van der Waals surface area contributed by atoms with Crippen LogP contribution in [-0.2, 0) is 6.54 Å². The molecule has 0 saturated carbocycles. The van der Waals surface area contributed by atoms with Gasteiger partial charge in [0.15, 0.2) is 0 Å². The number of rotatable bonds is 7. The van der Waals surface area contributed by atoms with E-state index in [9.17, 15) is 14.4 Å². The van der Waals surface area contributed by atoms with Crippen molar-refractivity contribution < 1.29 is 9.53 Å². The molecule has 0 bridgehead atoms. The monoisotopic (exact) mass is 457 g/mol. The number of hydrogen-bond donors (Lipinski definition) is 1. The van der Waals surface area contributed by atoms with E-state index in [1.807, 2.05) is 26.0 Å². The van der Waals surface area contributed by atoms with Gasteiger partial charge in [-0.15, -0.1) is 0 Å². The summed E-state index contributed by atoms with van der Waals surface area (Å²) in [7, 11) is 1.50. The maximum atomic E-state index is 13.6. The Kier molecular flexibility index (Phi) is 6.63. The number of nitrogens with one attached hydrogen (secondary N) is 1. The van der Waals surface area contributed by atoms with Gasteiger partial charge in [0.2, 0.25) is 0 Å². The van der Waals surface area contributed by atoms with E-state index in [4.69, 9.17) is 4.74 Å². The molecule has 4 rings (SSSR count). The minimum absolute atomic E-state index is 0.0909. The van der Waals surface area contributed by atoms with Crippen LogP contribution in [0.2, 0.25) is 0 Å². The second-order valence-corrected chi connectivity index (χ2v) is 8.18. The van der Waals surface area contributed by atoms with Gasteiger partial charge in [0.05, 0.1) is 30.2 Å². The van der Waals surface area contributed by atoms with Crippen LogP contribution in [0.1, 0.15) is 36.2 Å². The van der Waals surface area contributed by atoms with E-state index in [0.717, 1.165) is 16.6 Å². The number of fused-ring (bicyclic) bond motifs is 1. The molecule has 0 aliphatic heterocycles. The fourth-order valence-electron chi connectivity index (χ4n) is 3.85. The largest absolute Gasteiger partial charge is 0.495 e. The van der Waals surface area contributed by atoms with E-state index < -0.39 is 11.2 Å². The molecular formula is C27H27N3O4. The second-order valence-electron chi connectivity index (χ2n) is 8.18. The van der Waals surface area contributed by atoms with Crippen LogP contribution in [0.3, 0.4) is 0 Å². The third-order valence-electron chi connectivity index (χ3n) is 5.92. The summed E-state index contributed by atoms with van der Waals surface area (Å²) in [5, 5.41) is 3.38. The smallest absolute Gasteiger partial charge is 0.336 e. The number of hydrogen-bond acceptors (Lipinski definition) is 4. The highest BCUT2D eigenvalue weighted by Crippen LogP contribution is 2.20. The highest BCUT2D eigenvalue weighted by Gasteiger charge is 2.17. The van der Waals surface area contributed by atoms with Gasteiger partial charge in [-0.05, 0) is 55.3 Å². The Morgan fingerprint density at radius 3 is 2.35 bits per heavy atom. The van der Waals surface area contributed by atoms with Crippen molar-refractivity contribution in [2.24, 2.45) is 0 Å². The Balaban J connectivity index is 1.80. The predicted octanol–water partition coefficient (Wildman–Crippen LogP) is 3.74. The molecule has 1 atom stereocenters. The molecule has 0 radical (unpaired) electrons. The quantitative estimate of drug-likeness (QED) is 0.458. The molecule has 0 fully saturated rings.